The average molecular weight is 440 g/mol. The number of nitrogens with one attached hydrogen (secondary N) is 1. The number of sulfone groups is 1. The first kappa shape index (κ1) is 20.4. The lowest BCUT2D eigenvalue weighted by Gasteiger charge is -2.11. The minimum Gasteiger partial charge on any atom is -0.276 e. The van der Waals surface area contributed by atoms with Gasteiger partial charge in [0.1, 0.15) is 4.90 Å². The molecule has 0 aliphatic carbocycles. The van der Waals surface area contributed by atoms with Crippen LogP contribution in [0.2, 0.25) is 5.02 Å². The lowest BCUT2D eigenvalue weighted by Crippen LogP contribution is -2.15. The number of aromatic nitrogens is 2. The molecular formula is C18H18ClN3O4S2. The quantitative estimate of drug-likeness (QED) is 0.657. The van der Waals surface area contributed by atoms with Gasteiger partial charge in [0.2, 0.25) is 0 Å². The van der Waals surface area contributed by atoms with Gasteiger partial charge < -0.3 is 0 Å². The van der Waals surface area contributed by atoms with Gasteiger partial charge in [-0.15, -0.1) is 0 Å². The zero-order valence-electron chi connectivity index (χ0n) is 15.3. The Labute approximate surface area is 168 Å². The maximum Gasteiger partial charge on any atom is 0.263 e. The first-order chi connectivity index (χ1) is 13.0. The highest BCUT2D eigenvalue weighted by Crippen LogP contribution is 2.29. The van der Waals surface area contributed by atoms with Gasteiger partial charge in [-0.05, 0) is 44.2 Å². The molecule has 0 saturated carbocycles. The van der Waals surface area contributed by atoms with Crippen LogP contribution in [0.5, 0.6) is 0 Å². The number of para-hydroxylation sites is 1. The van der Waals surface area contributed by atoms with Gasteiger partial charge in [0.05, 0.1) is 32.7 Å². The van der Waals surface area contributed by atoms with Gasteiger partial charge in [-0.2, -0.15) is 5.10 Å². The van der Waals surface area contributed by atoms with E-state index < -0.39 is 19.9 Å². The van der Waals surface area contributed by atoms with E-state index in [0.717, 1.165) is 18.0 Å². The van der Waals surface area contributed by atoms with Gasteiger partial charge in [0.25, 0.3) is 10.0 Å². The molecule has 3 rings (SSSR count). The van der Waals surface area contributed by atoms with Crippen molar-refractivity contribution in [2.45, 2.75) is 23.6 Å². The summed E-state index contributed by atoms with van der Waals surface area (Å²) in [5.41, 5.74) is 2.15. The fraction of sp³-hybridized carbons (Fsp3) is 0.167. The van der Waals surface area contributed by atoms with Crippen molar-refractivity contribution >= 4 is 37.1 Å². The normalized spacial score (nSPS) is 12.1. The molecule has 0 bridgehead atoms. The van der Waals surface area contributed by atoms with E-state index in [1.165, 1.54) is 12.1 Å². The summed E-state index contributed by atoms with van der Waals surface area (Å²) in [6.45, 7) is 3.41. The number of hydrogen-bond acceptors (Lipinski definition) is 5. The summed E-state index contributed by atoms with van der Waals surface area (Å²) in [5.74, 6) is 0. The highest BCUT2D eigenvalue weighted by atomic mass is 35.5. The molecule has 0 aliphatic heterocycles. The smallest absolute Gasteiger partial charge is 0.263 e. The SMILES string of the molecule is Cc1nn(-c2ccccc2)c(C)c1NS(=O)(=O)c1cc(S(C)(=O)=O)ccc1Cl. The molecular weight excluding hydrogens is 422 g/mol. The molecule has 0 radical (unpaired) electrons. The van der Waals surface area contributed by atoms with E-state index in [-0.39, 0.29) is 14.8 Å². The summed E-state index contributed by atoms with van der Waals surface area (Å²) < 4.78 is 53.5. The van der Waals surface area contributed by atoms with Gasteiger partial charge in [0, 0.05) is 6.26 Å². The predicted octanol–water partition coefficient (Wildman–Crippen LogP) is 3.35. The van der Waals surface area contributed by atoms with Crippen molar-refractivity contribution in [2.24, 2.45) is 0 Å². The van der Waals surface area contributed by atoms with Gasteiger partial charge in [-0.25, -0.2) is 21.5 Å². The number of rotatable bonds is 5. The summed E-state index contributed by atoms with van der Waals surface area (Å²) in [7, 11) is -7.73. The Morgan fingerprint density at radius 2 is 1.64 bits per heavy atom. The fourth-order valence-electron chi connectivity index (χ4n) is 2.72. The van der Waals surface area contributed by atoms with Crippen LogP contribution in [0.3, 0.4) is 0 Å². The lowest BCUT2D eigenvalue weighted by atomic mass is 10.3. The molecule has 28 heavy (non-hydrogen) atoms. The Balaban J connectivity index is 2.06. The van der Waals surface area contributed by atoms with E-state index >= 15 is 0 Å². The summed E-state index contributed by atoms with van der Waals surface area (Å²) >= 11 is 6.04. The fourth-order valence-corrected chi connectivity index (χ4v) is 5.15. The Morgan fingerprint density at radius 1 is 1.00 bits per heavy atom. The van der Waals surface area contributed by atoms with Gasteiger partial charge in [-0.3, -0.25) is 4.72 Å². The van der Waals surface area contributed by atoms with Crippen LogP contribution in [0.4, 0.5) is 5.69 Å². The molecule has 0 unspecified atom stereocenters. The largest absolute Gasteiger partial charge is 0.276 e. The minimum atomic E-state index is -4.14. The Morgan fingerprint density at radius 3 is 2.25 bits per heavy atom. The van der Waals surface area contributed by atoms with Crippen LogP contribution in [-0.2, 0) is 19.9 Å². The van der Waals surface area contributed by atoms with Crippen molar-refractivity contribution in [1.82, 2.24) is 9.78 Å². The van der Waals surface area contributed by atoms with E-state index in [4.69, 9.17) is 11.6 Å². The molecule has 2 aromatic carbocycles. The number of benzene rings is 2. The first-order valence-corrected chi connectivity index (χ1v) is 11.9. The maximum absolute atomic E-state index is 12.9. The monoisotopic (exact) mass is 439 g/mol. The standard InChI is InChI=1S/C18H18ClN3O4S2/c1-12-18(13(2)22(20-12)14-7-5-4-6-8-14)21-28(25,26)17-11-15(27(3,23)24)9-10-16(17)19/h4-11,21H,1-3H3. The van der Waals surface area contributed by atoms with Crippen molar-refractivity contribution in [3.63, 3.8) is 0 Å². The van der Waals surface area contributed by atoms with E-state index in [9.17, 15) is 16.8 Å². The molecule has 0 amide bonds. The van der Waals surface area contributed by atoms with Crippen LogP contribution in [-0.4, -0.2) is 32.9 Å². The molecule has 0 spiro atoms. The van der Waals surface area contributed by atoms with Crippen molar-refractivity contribution in [3.05, 3.63) is 64.9 Å². The van der Waals surface area contributed by atoms with Gasteiger partial charge >= 0.3 is 0 Å². The second-order valence-electron chi connectivity index (χ2n) is 6.26. The number of hydrogen-bond donors (Lipinski definition) is 1. The third kappa shape index (κ3) is 3.91. The number of nitrogens with zero attached hydrogens (tertiary/aromatic N) is 2. The number of halogens is 1. The van der Waals surface area contributed by atoms with Crippen molar-refractivity contribution in [3.8, 4) is 5.69 Å². The molecule has 1 heterocycles. The molecule has 0 fully saturated rings. The molecule has 3 aromatic rings. The average Bonchev–Trinajstić information content (AvgIpc) is 2.89. The maximum atomic E-state index is 12.9. The molecule has 1 aromatic heterocycles. The molecule has 148 valence electrons. The molecule has 0 saturated heterocycles. The molecule has 10 heteroatoms. The molecule has 0 aliphatic rings. The van der Waals surface area contributed by atoms with Crippen LogP contribution in [0.15, 0.2) is 58.3 Å². The highest BCUT2D eigenvalue weighted by molar-refractivity contribution is 7.93. The zero-order valence-corrected chi connectivity index (χ0v) is 17.7. The van der Waals surface area contributed by atoms with E-state index in [0.29, 0.717) is 17.1 Å². The van der Waals surface area contributed by atoms with E-state index in [1.807, 2.05) is 30.3 Å². The van der Waals surface area contributed by atoms with Crippen LogP contribution in [0, 0.1) is 13.8 Å². The zero-order chi connectivity index (χ0) is 20.7. The van der Waals surface area contributed by atoms with Crippen LogP contribution in [0.25, 0.3) is 5.69 Å². The Kier molecular flexibility index (Phi) is 5.26. The second kappa shape index (κ2) is 7.23. The number of sulfonamides is 1. The Bertz CT molecular complexity index is 1250. The van der Waals surface area contributed by atoms with Crippen LogP contribution in [0.1, 0.15) is 11.4 Å². The third-order valence-electron chi connectivity index (χ3n) is 4.15. The van der Waals surface area contributed by atoms with Gasteiger partial charge in [-0.1, -0.05) is 29.8 Å². The van der Waals surface area contributed by atoms with Crippen LogP contribution >= 0.6 is 11.6 Å². The Hall–Kier alpha value is -2.36. The van der Waals surface area contributed by atoms with Crippen LogP contribution < -0.4 is 4.72 Å². The summed E-state index contributed by atoms with van der Waals surface area (Å²) in [6.07, 6.45) is 0.998. The summed E-state index contributed by atoms with van der Waals surface area (Å²) in [5, 5.41) is 4.32. The van der Waals surface area contributed by atoms with E-state index in [1.54, 1.807) is 18.5 Å². The third-order valence-corrected chi connectivity index (χ3v) is 7.09. The summed E-state index contributed by atoms with van der Waals surface area (Å²) in [4.78, 5) is -0.450. The minimum absolute atomic E-state index is 0.0781. The number of aryl methyl sites for hydroxylation is 1. The highest BCUT2D eigenvalue weighted by Gasteiger charge is 2.24. The molecule has 0 atom stereocenters. The van der Waals surface area contributed by atoms with Crippen molar-refractivity contribution in [2.75, 3.05) is 11.0 Å². The summed E-state index contributed by atoms with van der Waals surface area (Å²) in [6, 6.07) is 12.8. The van der Waals surface area contributed by atoms with Crippen molar-refractivity contribution < 1.29 is 16.8 Å². The molecule has 7 nitrogen and oxygen atoms in total. The topological polar surface area (TPSA) is 98.1 Å². The molecule has 1 N–H and O–H groups in total. The first-order valence-electron chi connectivity index (χ1n) is 8.15. The number of anilines is 1. The van der Waals surface area contributed by atoms with E-state index in [2.05, 4.69) is 9.82 Å². The second-order valence-corrected chi connectivity index (χ2v) is 10.3. The van der Waals surface area contributed by atoms with Crippen molar-refractivity contribution in [1.29, 1.82) is 0 Å². The lowest BCUT2D eigenvalue weighted by molar-refractivity contribution is 0.599. The van der Waals surface area contributed by atoms with Gasteiger partial charge in [0.15, 0.2) is 9.84 Å². The predicted molar refractivity (Wildman–Crippen MR) is 108 cm³/mol.